The summed E-state index contributed by atoms with van der Waals surface area (Å²) in [6.07, 6.45) is 3.83. The quantitative estimate of drug-likeness (QED) is 0.315. The van der Waals surface area contributed by atoms with Crippen LogP contribution in [0.1, 0.15) is 43.7 Å². The molecule has 230 valence electrons. The van der Waals surface area contributed by atoms with Crippen molar-refractivity contribution >= 4 is 27.5 Å². The fourth-order valence-corrected chi connectivity index (χ4v) is 6.62. The third-order valence-corrected chi connectivity index (χ3v) is 9.58. The van der Waals surface area contributed by atoms with Gasteiger partial charge in [-0.25, -0.2) is 12.8 Å². The molecule has 0 radical (unpaired) electrons. The molecule has 0 saturated heterocycles. The van der Waals surface area contributed by atoms with E-state index in [1.807, 2.05) is 31.2 Å². The van der Waals surface area contributed by atoms with E-state index in [1.54, 1.807) is 6.92 Å². The molecule has 0 aromatic heterocycles. The monoisotopic (exact) mass is 611 g/mol. The van der Waals surface area contributed by atoms with Gasteiger partial charge in [0.2, 0.25) is 11.8 Å². The highest BCUT2D eigenvalue weighted by Gasteiger charge is 2.34. The molecule has 1 atom stereocenters. The second kappa shape index (κ2) is 13.9. The fourth-order valence-electron chi connectivity index (χ4n) is 5.19. The van der Waals surface area contributed by atoms with E-state index in [-0.39, 0.29) is 34.8 Å². The number of anilines is 1. The number of aryl methyl sites for hydroxylation is 1. The van der Waals surface area contributed by atoms with Gasteiger partial charge in [0.15, 0.2) is 11.5 Å². The lowest BCUT2D eigenvalue weighted by Gasteiger charge is -2.33. The molecule has 3 aromatic carbocycles. The van der Waals surface area contributed by atoms with Gasteiger partial charge >= 0.3 is 0 Å². The molecule has 3 aromatic rings. The number of hydrogen-bond acceptors (Lipinski definition) is 6. The maximum absolute atomic E-state index is 14.1. The van der Waals surface area contributed by atoms with Crippen molar-refractivity contribution in [3.05, 3.63) is 83.7 Å². The average molecular weight is 612 g/mol. The number of halogens is 1. The van der Waals surface area contributed by atoms with Crippen molar-refractivity contribution in [2.45, 2.75) is 63.1 Å². The Labute approximate surface area is 252 Å². The Morgan fingerprint density at radius 1 is 0.977 bits per heavy atom. The predicted molar refractivity (Wildman–Crippen MR) is 162 cm³/mol. The van der Waals surface area contributed by atoms with Gasteiger partial charge < -0.3 is 19.7 Å². The first-order valence-electron chi connectivity index (χ1n) is 14.2. The Kier molecular flexibility index (Phi) is 10.3. The molecule has 4 rings (SSSR count). The Morgan fingerprint density at radius 3 is 2.26 bits per heavy atom. The van der Waals surface area contributed by atoms with Crippen LogP contribution in [0.25, 0.3) is 0 Å². The summed E-state index contributed by atoms with van der Waals surface area (Å²) in [6.45, 7) is 3.02. The zero-order chi connectivity index (χ0) is 31.1. The number of nitrogens with zero attached hydrogens (tertiary/aromatic N) is 2. The number of carbonyl (C=O) groups is 2. The van der Waals surface area contributed by atoms with Crippen LogP contribution < -0.4 is 19.1 Å². The largest absolute Gasteiger partial charge is 0.493 e. The summed E-state index contributed by atoms with van der Waals surface area (Å²) in [7, 11) is -1.55. The van der Waals surface area contributed by atoms with Gasteiger partial charge in [-0.1, -0.05) is 37.1 Å². The Bertz CT molecular complexity index is 1540. The van der Waals surface area contributed by atoms with E-state index in [9.17, 15) is 22.4 Å². The highest BCUT2D eigenvalue weighted by molar-refractivity contribution is 7.92. The van der Waals surface area contributed by atoms with Crippen LogP contribution in [-0.4, -0.2) is 58.0 Å². The van der Waals surface area contributed by atoms with Crippen LogP contribution in [-0.2, 0) is 26.2 Å². The Hall–Kier alpha value is -4.12. The predicted octanol–water partition coefficient (Wildman–Crippen LogP) is 4.82. The molecule has 1 fully saturated rings. The van der Waals surface area contributed by atoms with Crippen molar-refractivity contribution in [3.8, 4) is 11.5 Å². The summed E-state index contributed by atoms with van der Waals surface area (Å²) in [4.78, 5) is 28.7. The number of amides is 2. The number of benzene rings is 3. The topological polar surface area (TPSA) is 105 Å². The number of ether oxygens (including phenoxy) is 2. The molecule has 2 amide bonds. The highest BCUT2D eigenvalue weighted by Crippen LogP contribution is 2.32. The zero-order valence-electron chi connectivity index (χ0n) is 24.9. The Balaban J connectivity index is 1.72. The maximum atomic E-state index is 14.1. The summed E-state index contributed by atoms with van der Waals surface area (Å²) in [5.41, 5.74) is 1.84. The van der Waals surface area contributed by atoms with E-state index >= 15 is 0 Å². The fraction of sp³-hybridized carbons (Fsp3) is 0.375. The van der Waals surface area contributed by atoms with Gasteiger partial charge in [-0.2, -0.15) is 0 Å². The number of sulfonamides is 1. The molecule has 0 unspecified atom stereocenters. The molecule has 1 aliphatic rings. The SMILES string of the molecule is COc1ccc(S(=O)(=O)N(CC(=O)N(Cc2ccccc2C)[C@@H](C)C(=O)NC2CCCC2)c2ccc(F)cc2)cc1OC. The minimum absolute atomic E-state index is 0.0477. The number of carbonyl (C=O) groups excluding carboxylic acids is 2. The normalized spacial score (nSPS) is 14.2. The molecule has 9 nitrogen and oxygen atoms in total. The number of rotatable bonds is 12. The zero-order valence-corrected chi connectivity index (χ0v) is 25.7. The molecular formula is C32H38FN3O6S. The molecule has 11 heteroatoms. The van der Waals surface area contributed by atoms with Crippen LogP contribution in [0.15, 0.2) is 71.6 Å². The Morgan fingerprint density at radius 2 is 1.63 bits per heavy atom. The van der Waals surface area contributed by atoms with Crippen LogP contribution in [0.4, 0.5) is 10.1 Å². The summed E-state index contributed by atoms with van der Waals surface area (Å²) in [5, 5.41) is 3.05. The van der Waals surface area contributed by atoms with Crippen molar-refractivity contribution in [2.24, 2.45) is 0 Å². The van der Waals surface area contributed by atoms with Gasteiger partial charge in [0, 0.05) is 18.7 Å². The molecule has 43 heavy (non-hydrogen) atoms. The van der Waals surface area contributed by atoms with Crippen molar-refractivity contribution in [2.75, 3.05) is 25.1 Å². The smallest absolute Gasteiger partial charge is 0.264 e. The summed E-state index contributed by atoms with van der Waals surface area (Å²) in [5.74, 6) is -0.933. The summed E-state index contributed by atoms with van der Waals surface area (Å²) >= 11 is 0. The minimum Gasteiger partial charge on any atom is -0.493 e. The standard InChI is InChI=1S/C32H38FN3O6S/c1-22-9-5-6-10-24(22)20-35(23(2)32(38)34-26-11-7-8-12-26)31(37)21-36(27-15-13-25(33)14-16-27)43(39,40)28-17-18-29(41-3)30(19-28)42-4/h5-6,9-10,13-19,23,26H,7-8,11-12,20-21H2,1-4H3,(H,34,38)/t23-/m0/s1. The first-order valence-corrected chi connectivity index (χ1v) is 15.6. The van der Waals surface area contributed by atoms with Gasteiger partial charge in [0.05, 0.1) is 24.8 Å². The third kappa shape index (κ3) is 7.45. The van der Waals surface area contributed by atoms with Crippen LogP contribution in [0.3, 0.4) is 0 Å². The number of nitrogens with one attached hydrogen (secondary N) is 1. The molecule has 0 heterocycles. The van der Waals surface area contributed by atoms with Gasteiger partial charge in [-0.05, 0) is 74.2 Å². The van der Waals surface area contributed by atoms with Crippen LogP contribution in [0.2, 0.25) is 0 Å². The highest BCUT2D eigenvalue weighted by atomic mass is 32.2. The van der Waals surface area contributed by atoms with Crippen LogP contribution >= 0.6 is 0 Å². The molecule has 1 saturated carbocycles. The molecule has 1 aliphatic carbocycles. The summed E-state index contributed by atoms with van der Waals surface area (Å²) in [6, 6.07) is 15.6. The second-order valence-corrected chi connectivity index (χ2v) is 12.5. The molecule has 1 N–H and O–H groups in total. The van der Waals surface area contributed by atoms with E-state index in [0.29, 0.717) is 5.75 Å². The van der Waals surface area contributed by atoms with Gasteiger partial charge in [-0.15, -0.1) is 0 Å². The second-order valence-electron chi connectivity index (χ2n) is 10.6. The lowest BCUT2D eigenvalue weighted by molar-refractivity contribution is -0.139. The van der Waals surface area contributed by atoms with E-state index < -0.39 is 34.3 Å². The van der Waals surface area contributed by atoms with Crippen molar-refractivity contribution < 1.29 is 31.9 Å². The minimum atomic E-state index is -4.37. The van der Waals surface area contributed by atoms with E-state index in [4.69, 9.17) is 9.47 Å². The molecular weight excluding hydrogens is 573 g/mol. The number of hydrogen-bond donors (Lipinski definition) is 1. The van der Waals surface area contributed by atoms with Crippen molar-refractivity contribution in [1.82, 2.24) is 10.2 Å². The van der Waals surface area contributed by atoms with Crippen molar-refractivity contribution in [1.29, 1.82) is 0 Å². The van der Waals surface area contributed by atoms with Crippen LogP contribution in [0.5, 0.6) is 11.5 Å². The van der Waals surface area contributed by atoms with E-state index in [0.717, 1.165) is 53.2 Å². The molecule has 0 bridgehead atoms. The van der Waals surface area contributed by atoms with E-state index in [1.165, 1.54) is 49.5 Å². The van der Waals surface area contributed by atoms with Crippen molar-refractivity contribution in [3.63, 3.8) is 0 Å². The summed E-state index contributed by atoms with van der Waals surface area (Å²) < 4.78 is 53.5. The first kappa shape index (κ1) is 31.8. The van der Waals surface area contributed by atoms with Gasteiger partial charge in [0.1, 0.15) is 18.4 Å². The lowest BCUT2D eigenvalue weighted by atomic mass is 10.1. The average Bonchev–Trinajstić information content (AvgIpc) is 3.52. The molecule has 0 spiro atoms. The van der Waals surface area contributed by atoms with Gasteiger partial charge in [0.25, 0.3) is 10.0 Å². The van der Waals surface area contributed by atoms with Gasteiger partial charge in [-0.3, -0.25) is 13.9 Å². The van der Waals surface area contributed by atoms with Crippen LogP contribution in [0, 0.1) is 12.7 Å². The van der Waals surface area contributed by atoms with E-state index in [2.05, 4.69) is 5.32 Å². The molecule has 0 aliphatic heterocycles. The first-order chi connectivity index (χ1) is 20.5. The lowest BCUT2D eigenvalue weighted by Crippen LogP contribution is -2.52. The third-order valence-electron chi connectivity index (χ3n) is 7.81. The number of methoxy groups -OCH3 is 2. The maximum Gasteiger partial charge on any atom is 0.264 e.